The number of aryl methyl sites for hydroxylation is 1. The van der Waals surface area contributed by atoms with E-state index in [1.165, 1.54) is 0 Å². The fraction of sp³-hybridized carbons (Fsp3) is 0.727. The summed E-state index contributed by atoms with van der Waals surface area (Å²) in [5.74, 6) is 0.267. The maximum Gasteiger partial charge on any atom is 0.173 e. The number of aliphatic hydroxyl groups is 1. The first-order valence-electron chi connectivity index (χ1n) is 5.91. The van der Waals surface area contributed by atoms with E-state index in [1.54, 1.807) is 10.9 Å². The molecule has 17 heavy (non-hydrogen) atoms. The molecule has 1 aliphatic heterocycles. The lowest BCUT2D eigenvalue weighted by Crippen LogP contribution is -2.18. The van der Waals surface area contributed by atoms with Crippen LogP contribution in [0.1, 0.15) is 35.9 Å². The van der Waals surface area contributed by atoms with Crippen LogP contribution in [0.3, 0.4) is 0 Å². The van der Waals surface area contributed by atoms with Crippen molar-refractivity contribution in [2.45, 2.75) is 38.0 Å². The lowest BCUT2D eigenvalue weighted by atomic mass is 10.1. The summed E-state index contributed by atoms with van der Waals surface area (Å²) in [6.45, 7) is 2.04. The molecule has 0 aliphatic carbocycles. The van der Waals surface area contributed by atoms with E-state index in [9.17, 15) is 8.42 Å². The number of aromatic nitrogens is 2. The molecule has 5 nitrogen and oxygen atoms in total. The average Bonchev–Trinajstić information content (AvgIpc) is 2.79. The third-order valence-electron chi connectivity index (χ3n) is 3.32. The summed E-state index contributed by atoms with van der Waals surface area (Å²) in [6, 6.07) is 0. The highest BCUT2D eigenvalue weighted by molar-refractivity contribution is 7.91. The number of nitrogens with zero attached hydrogens (tertiary/aromatic N) is 2. The van der Waals surface area contributed by atoms with Gasteiger partial charge in [0.15, 0.2) is 15.2 Å². The average molecular weight is 258 g/mol. The highest BCUT2D eigenvalue weighted by Crippen LogP contribution is 2.31. The number of aliphatic hydroxyl groups excluding tert-OH is 1. The Morgan fingerprint density at radius 1 is 1.59 bits per heavy atom. The summed E-state index contributed by atoms with van der Waals surface area (Å²) in [7, 11) is -3.02. The quantitative estimate of drug-likeness (QED) is 0.868. The van der Waals surface area contributed by atoms with Gasteiger partial charge in [-0.1, -0.05) is 0 Å². The van der Waals surface area contributed by atoms with E-state index in [-0.39, 0.29) is 12.4 Å². The minimum Gasteiger partial charge on any atom is -0.396 e. The van der Waals surface area contributed by atoms with Crippen LogP contribution in [0.25, 0.3) is 0 Å². The molecular weight excluding hydrogens is 240 g/mol. The van der Waals surface area contributed by atoms with Crippen LogP contribution in [0.5, 0.6) is 0 Å². The van der Waals surface area contributed by atoms with Crippen molar-refractivity contribution in [2.75, 3.05) is 12.4 Å². The van der Waals surface area contributed by atoms with E-state index in [2.05, 4.69) is 5.10 Å². The van der Waals surface area contributed by atoms with Gasteiger partial charge in [0.05, 0.1) is 11.9 Å². The van der Waals surface area contributed by atoms with E-state index in [0.29, 0.717) is 12.8 Å². The van der Waals surface area contributed by atoms with E-state index in [0.717, 1.165) is 24.1 Å². The van der Waals surface area contributed by atoms with E-state index >= 15 is 0 Å². The summed E-state index contributed by atoms with van der Waals surface area (Å²) >= 11 is 0. The summed E-state index contributed by atoms with van der Waals surface area (Å²) in [5, 5.41) is 12.5. The van der Waals surface area contributed by atoms with Crippen LogP contribution in [-0.2, 0) is 16.3 Å². The summed E-state index contributed by atoms with van der Waals surface area (Å²) < 4.78 is 25.3. The molecular formula is C11H18N2O3S. The number of hydrogen-bond acceptors (Lipinski definition) is 4. The van der Waals surface area contributed by atoms with Crippen molar-refractivity contribution in [3.63, 3.8) is 0 Å². The van der Waals surface area contributed by atoms with Crippen LogP contribution >= 0.6 is 0 Å². The Morgan fingerprint density at radius 3 is 2.94 bits per heavy atom. The number of rotatable bonds is 4. The molecule has 0 bridgehead atoms. The normalized spacial score (nSPS) is 23.1. The second-order valence-electron chi connectivity index (χ2n) is 4.49. The van der Waals surface area contributed by atoms with Crippen LogP contribution in [0.2, 0.25) is 0 Å². The van der Waals surface area contributed by atoms with Crippen molar-refractivity contribution in [2.24, 2.45) is 0 Å². The molecule has 2 rings (SSSR count). The predicted molar refractivity (Wildman–Crippen MR) is 64.4 cm³/mol. The summed E-state index contributed by atoms with van der Waals surface area (Å²) in [5.41, 5.74) is 1.94. The van der Waals surface area contributed by atoms with Gasteiger partial charge in [0.1, 0.15) is 0 Å². The maximum atomic E-state index is 11.8. The zero-order chi connectivity index (χ0) is 12.5. The Morgan fingerprint density at radius 2 is 2.35 bits per heavy atom. The van der Waals surface area contributed by atoms with Gasteiger partial charge in [-0.05, 0) is 38.2 Å². The first-order valence-corrected chi connectivity index (χ1v) is 7.63. The molecule has 0 saturated carbocycles. The molecule has 1 fully saturated rings. The monoisotopic (exact) mass is 258 g/mol. The Hall–Kier alpha value is -0.880. The van der Waals surface area contributed by atoms with Crippen LogP contribution in [0.15, 0.2) is 6.20 Å². The standard InChI is InChI=1S/C11H18N2O3S/c1-9-10(4-2-6-14)8-12-13(9)11-5-3-7-17(11,15)16/h8,11,14H,2-7H2,1H3. The van der Waals surface area contributed by atoms with Gasteiger partial charge in [0, 0.05) is 12.3 Å². The van der Waals surface area contributed by atoms with Crippen molar-refractivity contribution >= 4 is 9.84 Å². The van der Waals surface area contributed by atoms with Crippen molar-refractivity contribution < 1.29 is 13.5 Å². The third-order valence-corrected chi connectivity index (χ3v) is 5.44. The minimum absolute atomic E-state index is 0.145. The largest absolute Gasteiger partial charge is 0.396 e. The van der Waals surface area contributed by atoms with Gasteiger partial charge in [-0.25, -0.2) is 8.42 Å². The highest BCUT2D eigenvalue weighted by Gasteiger charge is 2.34. The van der Waals surface area contributed by atoms with Gasteiger partial charge in [0.25, 0.3) is 0 Å². The number of sulfone groups is 1. The molecule has 0 radical (unpaired) electrons. The van der Waals surface area contributed by atoms with Crippen molar-refractivity contribution in [1.82, 2.24) is 9.78 Å². The Labute approximate surface area is 101 Å². The summed E-state index contributed by atoms with van der Waals surface area (Å²) in [4.78, 5) is 0. The van der Waals surface area contributed by atoms with Crippen LogP contribution < -0.4 is 0 Å². The molecule has 6 heteroatoms. The molecule has 1 N–H and O–H groups in total. The van der Waals surface area contributed by atoms with Gasteiger partial charge >= 0.3 is 0 Å². The maximum absolute atomic E-state index is 11.8. The SMILES string of the molecule is Cc1c(CCCO)cnn1C1CCCS1(=O)=O. The molecule has 1 unspecified atom stereocenters. The molecule has 1 aliphatic rings. The molecule has 0 spiro atoms. The first kappa shape index (κ1) is 12.6. The fourth-order valence-electron chi connectivity index (χ4n) is 2.31. The number of hydrogen-bond donors (Lipinski definition) is 1. The zero-order valence-corrected chi connectivity index (χ0v) is 10.8. The first-order chi connectivity index (χ1) is 8.06. The molecule has 96 valence electrons. The smallest absolute Gasteiger partial charge is 0.173 e. The Balaban J connectivity index is 2.25. The van der Waals surface area contributed by atoms with Gasteiger partial charge < -0.3 is 5.11 Å². The van der Waals surface area contributed by atoms with Crippen LogP contribution in [0, 0.1) is 6.92 Å². The summed E-state index contributed by atoms with van der Waals surface area (Å²) in [6.07, 6.45) is 4.53. The lowest BCUT2D eigenvalue weighted by Gasteiger charge is -2.12. The van der Waals surface area contributed by atoms with Crippen LogP contribution in [0.4, 0.5) is 0 Å². The third kappa shape index (κ3) is 2.37. The zero-order valence-electron chi connectivity index (χ0n) is 9.96. The topological polar surface area (TPSA) is 72.2 Å². The van der Waals surface area contributed by atoms with Crippen molar-refractivity contribution in [1.29, 1.82) is 0 Å². The van der Waals surface area contributed by atoms with Gasteiger partial charge in [-0.2, -0.15) is 5.10 Å². The Bertz CT molecular complexity index is 493. The second-order valence-corrected chi connectivity index (χ2v) is 6.77. The van der Waals surface area contributed by atoms with E-state index in [1.807, 2.05) is 6.92 Å². The van der Waals surface area contributed by atoms with Gasteiger partial charge in [-0.3, -0.25) is 4.68 Å². The molecule has 1 saturated heterocycles. The fourth-order valence-corrected chi connectivity index (χ4v) is 4.20. The van der Waals surface area contributed by atoms with Crippen LogP contribution in [-0.4, -0.2) is 35.7 Å². The molecule has 1 atom stereocenters. The molecule has 1 aromatic heterocycles. The van der Waals surface area contributed by atoms with E-state index in [4.69, 9.17) is 5.11 Å². The van der Waals surface area contributed by atoms with Gasteiger partial charge in [0.2, 0.25) is 0 Å². The molecule has 2 heterocycles. The lowest BCUT2D eigenvalue weighted by molar-refractivity contribution is 0.288. The Kier molecular flexibility index (Phi) is 3.53. The van der Waals surface area contributed by atoms with E-state index < -0.39 is 15.2 Å². The molecule has 1 aromatic rings. The highest BCUT2D eigenvalue weighted by atomic mass is 32.2. The minimum atomic E-state index is -3.02. The second kappa shape index (κ2) is 4.78. The molecule has 0 amide bonds. The predicted octanol–water partition coefficient (Wildman–Crippen LogP) is 0.824. The van der Waals surface area contributed by atoms with Crippen molar-refractivity contribution in [3.05, 3.63) is 17.5 Å². The molecule has 0 aromatic carbocycles. The van der Waals surface area contributed by atoms with Gasteiger partial charge in [-0.15, -0.1) is 0 Å². The van der Waals surface area contributed by atoms with Crippen molar-refractivity contribution in [3.8, 4) is 0 Å².